The zero-order valence-electron chi connectivity index (χ0n) is 18.1. The number of piperidine rings is 1. The van der Waals surface area contributed by atoms with Crippen molar-refractivity contribution in [1.29, 1.82) is 0 Å². The number of benzene rings is 2. The van der Waals surface area contributed by atoms with E-state index in [9.17, 15) is 9.59 Å². The van der Waals surface area contributed by atoms with Crippen LogP contribution in [0.4, 0.5) is 0 Å². The van der Waals surface area contributed by atoms with Crippen LogP contribution >= 0.6 is 0 Å². The number of rotatable bonds is 6. The van der Waals surface area contributed by atoms with Crippen LogP contribution in [0.25, 0.3) is 16.5 Å². The maximum atomic E-state index is 13.1. The van der Waals surface area contributed by atoms with Crippen LogP contribution in [0.3, 0.4) is 0 Å². The van der Waals surface area contributed by atoms with Crippen LogP contribution < -0.4 is 15.6 Å². The van der Waals surface area contributed by atoms with Gasteiger partial charge in [-0.15, -0.1) is 0 Å². The number of pyridine rings is 1. The first kappa shape index (κ1) is 21.1. The number of likely N-dealkylation sites (tertiary alicyclic amines) is 1. The number of hydrogen-bond acceptors (Lipinski definition) is 4. The molecule has 162 valence electrons. The van der Waals surface area contributed by atoms with Gasteiger partial charge in [-0.05, 0) is 56.6 Å². The largest absolute Gasteiger partial charge is 0.497 e. The Labute approximate surface area is 182 Å². The van der Waals surface area contributed by atoms with E-state index in [1.54, 1.807) is 31.5 Å². The zero-order chi connectivity index (χ0) is 21.8. The molecule has 2 heterocycles. The number of hydrogen-bond donors (Lipinski definition) is 1. The molecule has 2 aromatic carbocycles. The summed E-state index contributed by atoms with van der Waals surface area (Å²) >= 11 is 0. The summed E-state index contributed by atoms with van der Waals surface area (Å²) in [5.41, 5.74) is 1.03. The van der Waals surface area contributed by atoms with Gasteiger partial charge >= 0.3 is 0 Å². The van der Waals surface area contributed by atoms with Gasteiger partial charge < -0.3 is 10.1 Å². The average Bonchev–Trinajstić information content (AvgIpc) is 2.81. The topological polar surface area (TPSA) is 63.6 Å². The van der Waals surface area contributed by atoms with Crippen molar-refractivity contribution in [2.24, 2.45) is 0 Å². The molecule has 1 aromatic heterocycles. The van der Waals surface area contributed by atoms with Gasteiger partial charge in [-0.1, -0.05) is 24.6 Å². The Kier molecular flexibility index (Phi) is 6.37. The number of ether oxygens (including phenoxy) is 1. The van der Waals surface area contributed by atoms with Gasteiger partial charge in [-0.3, -0.25) is 19.1 Å². The molecule has 0 saturated carbocycles. The van der Waals surface area contributed by atoms with Crippen molar-refractivity contribution in [2.45, 2.75) is 32.2 Å². The van der Waals surface area contributed by atoms with E-state index in [2.05, 4.69) is 17.1 Å². The number of methoxy groups -OCH3 is 1. The molecule has 0 aliphatic carbocycles. The number of nitrogens with one attached hydrogen (secondary N) is 1. The number of nitrogens with zero attached hydrogens (tertiary/aromatic N) is 2. The fourth-order valence-electron chi connectivity index (χ4n) is 4.31. The summed E-state index contributed by atoms with van der Waals surface area (Å²) in [4.78, 5) is 28.7. The Bertz CT molecular complexity index is 1120. The van der Waals surface area contributed by atoms with E-state index >= 15 is 0 Å². The normalized spacial score (nSPS) is 16.9. The Morgan fingerprint density at radius 1 is 1.10 bits per heavy atom. The van der Waals surface area contributed by atoms with Gasteiger partial charge in [0.2, 0.25) is 0 Å². The highest BCUT2D eigenvalue weighted by Crippen LogP contribution is 2.20. The van der Waals surface area contributed by atoms with Crippen molar-refractivity contribution in [2.75, 3.05) is 26.7 Å². The standard InChI is InChI=1S/C25H29N3O3/c1-18-7-5-6-15-27(18)16-14-26-24(29)23-17-28(19-10-12-20(31-2)13-11-19)25(30)22-9-4-3-8-21(22)23/h3-4,8-13,17-18H,5-7,14-16H2,1-2H3,(H,26,29). The predicted octanol–water partition coefficient (Wildman–Crippen LogP) is 3.60. The van der Waals surface area contributed by atoms with E-state index in [-0.39, 0.29) is 11.5 Å². The molecule has 1 N–H and O–H groups in total. The zero-order valence-corrected chi connectivity index (χ0v) is 18.1. The van der Waals surface area contributed by atoms with Crippen LogP contribution in [0, 0.1) is 0 Å². The lowest BCUT2D eigenvalue weighted by atomic mass is 10.0. The molecule has 1 aliphatic rings. The first-order valence-electron chi connectivity index (χ1n) is 10.9. The van der Waals surface area contributed by atoms with Gasteiger partial charge in [0.15, 0.2) is 0 Å². The maximum absolute atomic E-state index is 13.1. The molecule has 3 aromatic rings. The molecule has 1 fully saturated rings. The Balaban J connectivity index is 1.62. The van der Waals surface area contributed by atoms with Gasteiger partial charge in [0.05, 0.1) is 12.7 Å². The van der Waals surface area contributed by atoms with Gasteiger partial charge in [-0.25, -0.2) is 0 Å². The molecule has 1 unspecified atom stereocenters. The lowest BCUT2D eigenvalue weighted by Crippen LogP contribution is -2.42. The smallest absolute Gasteiger partial charge is 0.262 e. The van der Waals surface area contributed by atoms with Gasteiger partial charge in [0, 0.05) is 41.8 Å². The van der Waals surface area contributed by atoms with Crippen LogP contribution in [0.5, 0.6) is 5.75 Å². The van der Waals surface area contributed by atoms with E-state index in [0.29, 0.717) is 40.4 Å². The van der Waals surface area contributed by atoms with Crippen molar-refractivity contribution >= 4 is 16.7 Å². The lowest BCUT2D eigenvalue weighted by molar-refractivity contribution is 0.0939. The molecule has 1 aliphatic heterocycles. The van der Waals surface area contributed by atoms with E-state index in [1.165, 1.54) is 23.8 Å². The first-order chi connectivity index (χ1) is 15.1. The SMILES string of the molecule is COc1ccc(-n2cc(C(=O)NCCN3CCCCC3C)c3ccccc3c2=O)cc1. The Hall–Kier alpha value is -3.12. The second-order valence-corrected chi connectivity index (χ2v) is 8.10. The van der Waals surface area contributed by atoms with E-state index in [0.717, 1.165) is 13.1 Å². The molecule has 6 nitrogen and oxygen atoms in total. The lowest BCUT2D eigenvalue weighted by Gasteiger charge is -2.33. The average molecular weight is 420 g/mol. The summed E-state index contributed by atoms with van der Waals surface area (Å²) in [6.45, 7) is 4.75. The fraction of sp³-hybridized carbons (Fsp3) is 0.360. The summed E-state index contributed by atoms with van der Waals surface area (Å²) in [7, 11) is 1.60. The van der Waals surface area contributed by atoms with Gasteiger partial charge in [0.25, 0.3) is 11.5 Å². The minimum atomic E-state index is -0.164. The number of carbonyl (C=O) groups excluding carboxylic acids is 1. The summed E-state index contributed by atoms with van der Waals surface area (Å²) in [6.07, 6.45) is 5.36. The molecule has 0 radical (unpaired) electrons. The molecule has 6 heteroatoms. The number of amides is 1. The molecular weight excluding hydrogens is 390 g/mol. The molecule has 1 saturated heterocycles. The third-order valence-electron chi connectivity index (χ3n) is 6.15. The van der Waals surface area contributed by atoms with E-state index in [4.69, 9.17) is 4.74 Å². The van der Waals surface area contributed by atoms with Crippen LogP contribution in [0.1, 0.15) is 36.5 Å². The first-order valence-corrected chi connectivity index (χ1v) is 10.9. The molecular formula is C25H29N3O3. The van der Waals surface area contributed by atoms with Crippen LogP contribution in [0.15, 0.2) is 59.5 Å². The third-order valence-corrected chi connectivity index (χ3v) is 6.15. The molecule has 1 amide bonds. The highest BCUT2D eigenvalue weighted by Gasteiger charge is 2.19. The van der Waals surface area contributed by atoms with Crippen LogP contribution in [-0.4, -0.2) is 48.2 Å². The summed E-state index contributed by atoms with van der Waals surface area (Å²) in [6, 6.07) is 15.1. The maximum Gasteiger partial charge on any atom is 0.262 e. The monoisotopic (exact) mass is 419 g/mol. The summed E-state index contributed by atoms with van der Waals surface area (Å²) in [5, 5.41) is 4.25. The second kappa shape index (κ2) is 9.35. The van der Waals surface area contributed by atoms with Gasteiger partial charge in [-0.2, -0.15) is 0 Å². The third kappa shape index (κ3) is 4.49. The Morgan fingerprint density at radius 3 is 2.55 bits per heavy atom. The van der Waals surface area contributed by atoms with Crippen molar-refractivity contribution < 1.29 is 9.53 Å². The van der Waals surface area contributed by atoms with Crippen molar-refractivity contribution in [1.82, 2.24) is 14.8 Å². The second-order valence-electron chi connectivity index (χ2n) is 8.10. The Morgan fingerprint density at radius 2 is 1.84 bits per heavy atom. The van der Waals surface area contributed by atoms with Crippen molar-refractivity contribution in [3.05, 3.63) is 70.6 Å². The van der Waals surface area contributed by atoms with Crippen molar-refractivity contribution in [3.63, 3.8) is 0 Å². The number of aromatic nitrogens is 1. The molecule has 31 heavy (non-hydrogen) atoms. The number of carbonyl (C=O) groups is 1. The van der Waals surface area contributed by atoms with Crippen LogP contribution in [-0.2, 0) is 0 Å². The molecule has 0 spiro atoms. The summed E-state index contributed by atoms with van der Waals surface area (Å²) < 4.78 is 6.74. The fourth-order valence-corrected chi connectivity index (χ4v) is 4.31. The highest BCUT2D eigenvalue weighted by molar-refractivity contribution is 6.06. The minimum Gasteiger partial charge on any atom is -0.497 e. The molecule has 4 rings (SSSR count). The summed E-state index contributed by atoms with van der Waals surface area (Å²) in [5.74, 6) is 0.547. The quantitative estimate of drug-likeness (QED) is 0.663. The molecule has 1 atom stereocenters. The highest BCUT2D eigenvalue weighted by atomic mass is 16.5. The van der Waals surface area contributed by atoms with Crippen LogP contribution in [0.2, 0.25) is 0 Å². The van der Waals surface area contributed by atoms with E-state index < -0.39 is 0 Å². The number of fused-ring (bicyclic) bond motifs is 1. The molecule has 0 bridgehead atoms. The van der Waals surface area contributed by atoms with Gasteiger partial charge in [0.1, 0.15) is 5.75 Å². The predicted molar refractivity (Wildman–Crippen MR) is 123 cm³/mol. The van der Waals surface area contributed by atoms with Crippen molar-refractivity contribution in [3.8, 4) is 11.4 Å². The minimum absolute atomic E-state index is 0.153. The van der Waals surface area contributed by atoms with E-state index in [1.807, 2.05) is 30.3 Å².